The van der Waals surface area contributed by atoms with Crippen molar-refractivity contribution >= 4 is 5.97 Å². The van der Waals surface area contributed by atoms with Crippen LogP contribution in [0.4, 0.5) is 0 Å². The molecule has 0 saturated heterocycles. The summed E-state index contributed by atoms with van der Waals surface area (Å²) in [4.78, 5) is 10.8. The fraction of sp³-hybridized carbons (Fsp3) is 0.462. The van der Waals surface area contributed by atoms with Gasteiger partial charge in [0.15, 0.2) is 0 Å². The molecule has 17 heavy (non-hydrogen) atoms. The number of ether oxygens (including phenoxy) is 1. The van der Waals surface area contributed by atoms with Gasteiger partial charge in [0.1, 0.15) is 0 Å². The maximum absolute atomic E-state index is 10.8. The molecule has 1 rings (SSSR count). The highest BCUT2D eigenvalue weighted by atomic mass is 16.5. The van der Waals surface area contributed by atoms with E-state index in [-0.39, 0.29) is 0 Å². The Morgan fingerprint density at radius 2 is 2.00 bits per heavy atom. The van der Waals surface area contributed by atoms with E-state index in [0.29, 0.717) is 32.6 Å². The second kappa shape index (κ2) is 7.81. The van der Waals surface area contributed by atoms with Crippen molar-refractivity contribution in [1.82, 2.24) is 0 Å². The van der Waals surface area contributed by atoms with E-state index < -0.39 is 11.9 Å². The Labute approximate surface area is 101 Å². The summed E-state index contributed by atoms with van der Waals surface area (Å²) < 4.78 is 5.44. The molecule has 0 fully saturated rings. The maximum Gasteiger partial charge on any atom is 0.306 e. The van der Waals surface area contributed by atoms with E-state index in [1.807, 2.05) is 30.3 Å². The van der Waals surface area contributed by atoms with Gasteiger partial charge < -0.3 is 15.6 Å². The second-order valence-corrected chi connectivity index (χ2v) is 3.94. The van der Waals surface area contributed by atoms with E-state index in [2.05, 4.69) is 0 Å². The highest BCUT2D eigenvalue weighted by molar-refractivity contribution is 5.69. The fourth-order valence-corrected chi connectivity index (χ4v) is 1.58. The largest absolute Gasteiger partial charge is 0.481 e. The molecule has 1 atom stereocenters. The van der Waals surface area contributed by atoms with Crippen LogP contribution in [0.1, 0.15) is 18.4 Å². The first kappa shape index (κ1) is 13.7. The fourth-order valence-electron chi connectivity index (χ4n) is 1.58. The zero-order chi connectivity index (χ0) is 12.5. The van der Waals surface area contributed by atoms with Gasteiger partial charge in [0.2, 0.25) is 0 Å². The highest BCUT2D eigenvalue weighted by Crippen LogP contribution is 2.09. The molecule has 0 aliphatic carbocycles. The third kappa shape index (κ3) is 5.47. The Bertz CT molecular complexity index is 327. The number of carbonyl (C=O) groups is 1. The van der Waals surface area contributed by atoms with Crippen LogP contribution in [-0.4, -0.2) is 24.2 Å². The topological polar surface area (TPSA) is 72.5 Å². The minimum atomic E-state index is -0.793. The molecule has 0 bridgehead atoms. The van der Waals surface area contributed by atoms with Gasteiger partial charge in [-0.2, -0.15) is 0 Å². The Morgan fingerprint density at radius 3 is 2.59 bits per heavy atom. The van der Waals surface area contributed by atoms with E-state index in [0.717, 1.165) is 5.56 Å². The summed E-state index contributed by atoms with van der Waals surface area (Å²) in [6.07, 6.45) is 1.02. The summed E-state index contributed by atoms with van der Waals surface area (Å²) in [6, 6.07) is 9.81. The van der Waals surface area contributed by atoms with E-state index >= 15 is 0 Å². The molecule has 0 radical (unpaired) electrons. The number of benzene rings is 1. The van der Waals surface area contributed by atoms with Gasteiger partial charge in [-0.3, -0.25) is 4.79 Å². The van der Waals surface area contributed by atoms with E-state index in [1.165, 1.54) is 0 Å². The van der Waals surface area contributed by atoms with Gasteiger partial charge in [0, 0.05) is 6.61 Å². The standard InChI is InChI=1S/C13H19NO3/c14-8-6-12(13(15)16)7-9-17-10-11-4-2-1-3-5-11/h1-5,12H,6-10,14H2,(H,15,16). The number of carboxylic acid groups (broad SMARTS) is 1. The van der Waals surface area contributed by atoms with Crippen LogP contribution in [0.2, 0.25) is 0 Å². The predicted octanol–water partition coefficient (Wildman–Crippen LogP) is 1.64. The van der Waals surface area contributed by atoms with Crippen LogP contribution in [0.5, 0.6) is 0 Å². The molecule has 0 spiro atoms. The third-order valence-electron chi connectivity index (χ3n) is 2.59. The van der Waals surface area contributed by atoms with Gasteiger partial charge in [0.05, 0.1) is 12.5 Å². The summed E-state index contributed by atoms with van der Waals surface area (Å²) in [7, 11) is 0. The SMILES string of the molecule is NCCC(CCOCc1ccccc1)C(=O)O. The number of hydrogen-bond acceptors (Lipinski definition) is 3. The Kier molecular flexibility index (Phi) is 6.29. The van der Waals surface area contributed by atoms with Gasteiger partial charge >= 0.3 is 5.97 Å². The summed E-state index contributed by atoms with van der Waals surface area (Å²) >= 11 is 0. The Balaban J connectivity index is 2.20. The van der Waals surface area contributed by atoms with Crippen molar-refractivity contribution in [3.63, 3.8) is 0 Å². The molecule has 1 aromatic carbocycles. The van der Waals surface area contributed by atoms with E-state index in [1.54, 1.807) is 0 Å². The van der Waals surface area contributed by atoms with Crippen LogP contribution in [-0.2, 0) is 16.1 Å². The number of hydrogen-bond donors (Lipinski definition) is 2. The lowest BCUT2D eigenvalue weighted by Gasteiger charge is -2.11. The van der Waals surface area contributed by atoms with Gasteiger partial charge in [-0.05, 0) is 24.9 Å². The molecule has 3 N–H and O–H groups in total. The summed E-state index contributed by atoms with van der Waals surface area (Å²) in [5.41, 5.74) is 6.45. The minimum Gasteiger partial charge on any atom is -0.481 e. The number of nitrogens with two attached hydrogens (primary N) is 1. The smallest absolute Gasteiger partial charge is 0.306 e. The molecule has 0 aliphatic rings. The zero-order valence-corrected chi connectivity index (χ0v) is 9.84. The predicted molar refractivity (Wildman–Crippen MR) is 65.5 cm³/mol. The maximum atomic E-state index is 10.8. The van der Waals surface area contributed by atoms with Crippen molar-refractivity contribution in [2.24, 2.45) is 11.7 Å². The van der Waals surface area contributed by atoms with Crippen LogP contribution in [0.25, 0.3) is 0 Å². The molecule has 4 nitrogen and oxygen atoms in total. The van der Waals surface area contributed by atoms with Gasteiger partial charge in [-0.1, -0.05) is 30.3 Å². The summed E-state index contributed by atoms with van der Waals surface area (Å²) in [5.74, 6) is -1.19. The van der Waals surface area contributed by atoms with Gasteiger partial charge in [-0.25, -0.2) is 0 Å². The van der Waals surface area contributed by atoms with Crippen LogP contribution in [0.3, 0.4) is 0 Å². The molecule has 0 aromatic heterocycles. The quantitative estimate of drug-likeness (QED) is 0.674. The molecular formula is C13H19NO3. The zero-order valence-electron chi connectivity index (χ0n) is 9.84. The number of rotatable bonds is 8. The lowest BCUT2D eigenvalue weighted by molar-refractivity contribution is -0.142. The lowest BCUT2D eigenvalue weighted by Crippen LogP contribution is -2.19. The average Bonchev–Trinajstić information content (AvgIpc) is 2.34. The van der Waals surface area contributed by atoms with Crippen molar-refractivity contribution in [1.29, 1.82) is 0 Å². The molecular weight excluding hydrogens is 218 g/mol. The molecule has 0 heterocycles. The monoisotopic (exact) mass is 237 g/mol. The van der Waals surface area contributed by atoms with Crippen LogP contribution in [0, 0.1) is 5.92 Å². The molecule has 4 heteroatoms. The number of aliphatic carboxylic acids is 1. The summed E-state index contributed by atoms with van der Waals surface area (Å²) in [6.45, 7) is 1.37. The van der Waals surface area contributed by atoms with Crippen LogP contribution in [0.15, 0.2) is 30.3 Å². The van der Waals surface area contributed by atoms with Crippen molar-refractivity contribution in [2.75, 3.05) is 13.2 Å². The van der Waals surface area contributed by atoms with Crippen molar-refractivity contribution in [3.8, 4) is 0 Å². The van der Waals surface area contributed by atoms with Crippen LogP contribution < -0.4 is 5.73 Å². The first-order chi connectivity index (χ1) is 8.24. The Morgan fingerprint density at radius 1 is 1.29 bits per heavy atom. The molecule has 1 unspecified atom stereocenters. The van der Waals surface area contributed by atoms with E-state index in [4.69, 9.17) is 15.6 Å². The molecule has 1 aromatic rings. The molecule has 0 aliphatic heterocycles. The van der Waals surface area contributed by atoms with Crippen molar-refractivity contribution < 1.29 is 14.6 Å². The first-order valence-corrected chi connectivity index (χ1v) is 5.78. The van der Waals surface area contributed by atoms with E-state index in [9.17, 15) is 4.79 Å². The third-order valence-corrected chi connectivity index (χ3v) is 2.59. The Hall–Kier alpha value is -1.39. The van der Waals surface area contributed by atoms with Gasteiger partial charge in [-0.15, -0.1) is 0 Å². The summed E-state index contributed by atoms with van der Waals surface area (Å²) in [5, 5.41) is 8.91. The minimum absolute atomic E-state index is 0.393. The number of carboxylic acids is 1. The molecule has 0 saturated carbocycles. The van der Waals surface area contributed by atoms with Gasteiger partial charge in [0.25, 0.3) is 0 Å². The highest BCUT2D eigenvalue weighted by Gasteiger charge is 2.15. The second-order valence-electron chi connectivity index (χ2n) is 3.94. The first-order valence-electron chi connectivity index (χ1n) is 5.78. The molecule has 94 valence electrons. The van der Waals surface area contributed by atoms with Crippen LogP contribution >= 0.6 is 0 Å². The van der Waals surface area contributed by atoms with Crippen molar-refractivity contribution in [2.45, 2.75) is 19.4 Å². The average molecular weight is 237 g/mol. The lowest BCUT2D eigenvalue weighted by atomic mass is 10.0. The van der Waals surface area contributed by atoms with Crippen molar-refractivity contribution in [3.05, 3.63) is 35.9 Å². The normalized spacial score (nSPS) is 12.3. The molecule has 0 amide bonds.